The molecular formula is C20H32IN5O4. The van der Waals surface area contributed by atoms with Crippen LogP contribution in [0.25, 0.3) is 0 Å². The van der Waals surface area contributed by atoms with E-state index in [1.54, 1.807) is 12.1 Å². The van der Waals surface area contributed by atoms with Crippen LogP contribution in [0.3, 0.4) is 0 Å². The third-order valence-corrected chi connectivity index (χ3v) is 4.38. The van der Waals surface area contributed by atoms with Gasteiger partial charge in [0, 0.05) is 24.3 Å². The highest BCUT2D eigenvalue weighted by molar-refractivity contribution is 14.0. The number of nitrogens with zero attached hydrogens (tertiary/aromatic N) is 2. The molecule has 0 radical (unpaired) electrons. The van der Waals surface area contributed by atoms with Crippen molar-refractivity contribution in [2.75, 3.05) is 13.2 Å². The summed E-state index contributed by atoms with van der Waals surface area (Å²) in [7, 11) is 0. The maximum Gasteiger partial charge on any atom is 0.269 e. The summed E-state index contributed by atoms with van der Waals surface area (Å²) in [6.07, 6.45) is 2.12. The number of carbonyl (C=O) groups is 1. The number of benzene rings is 1. The van der Waals surface area contributed by atoms with Gasteiger partial charge in [-0.3, -0.25) is 14.9 Å². The van der Waals surface area contributed by atoms with E-state index in [9.17, 15) is 14.9 Å². The molecule has 0 saturated carbocycles. The summed E-state index contributed by atoms with van der Waals surface area (Å²) < 4.78 is 5.72. The predicted molar refractivity (Wildman–Crippen MR) is 127 cm³/mol. The highest BCUT2D eigenvalue weighted by Crippen LogP contribution is 2.15. The molecule has 1 aliphatic heterocycles. The van der Waals surface area contributed by atoms with Gasteiger partial charge in [0.2, 0.25) is 5.91 Å². The van der Waals surface area contributed by atoms with Crippen molar-refractivity contribution in [1.29, 1.82) is 0 Å². The maximum atomic E-state index is 12.1. The summed E-state index contributed by atoms with van der Waals surface area (Å²) in [6.45, 7) is 8.96. The number of nitro benzene ring substituents is 1. The fourth-order valence-electron chi connectivity index (χ4n) is 2.98. The van der Waals surface area contributed by atoms with Crippen molar-refractivity contribution in [3.8, 4) is 0 Å². The average molecular weight is 533 g/mol. The second-order valence-corrected chi connectivity index (χ2v) is 8.22. The first-order valence-corrected chi connectivity index (χ1v) is 9.85. The van der Waals surface area contributed by atoms with Crippen LogP contribution in [0.5, 0.6) is 0 Å². The second-order valence-electron chi connectivity index (χ2n) is 8.22. The molecule has 168 valence electrons. The summed E-state index contributed by atoms with van der Waals surface area (Å²) >= 11 is 0. The van der Waals surface area contributed by atoms with Gasteiger partial charge >= 0.3 is 0 Å². The van der Waals surface area contributed by atoms with E-state index >= 15 is 0 Å². The molecule has 1 amide bonds. The SMILES string of the molecule is CC(NC(=NCc1ccc([N+](=O)[O-])cc1)NCC(=O)NC(C)(C)C)C1CCCO1.I. The number of guanidine groups is 1. The minimum Gasteiger partial charge on any atom is -0.376 e. The zero-order chi connectivity index (χ0) is 21.4. The number of hydrogen-bond donors (Lipinski definition) is 3. The van der Waals surface area contributed by atoms with Crippen LogP contribution in [0.2, 0.25) is 0 Å². The Labute approximate surface area is 194 Å². The Bertz CT molecular complexity index is 728. The first-order valence-electron chi connectivity index (χ1n) is 9.85. The van der Waals surface area contributed by atoms with Gasteiger partial charge in [-0.2, -0.15) is 0 Å². The van der Waals surface area contributed by atoms with Gasteiger partial charge in [-0.15, -0.1) is 24.0 Å². The topological polar surface area (TPSA) is 118 Å². The molecule has 0 spiro atoms. The molecule has 3 N–H and O–H groups in total. The van der Waals surface area contributed by atoms with Crippen molar-refractivity contribution in [2.24, 2.45) is 4.99 Å². The number of rotatable bonds is 7. The molecule has 2 rings (SSSR count). The monoisotopic (exact) mass is 533 g/mol. The maximum absolute atomic E-state index is 12.1. The Balaban J connectivity index is 0.00000450. The van der Waals surface area contributed by atoms with Crippen molar-refractivity contribution in [1.82, 2.24) is 16.0 Å². The van der Waals surface area contributed by atoms with Crippen molar-refractivity contribution < 1.29 is 14.5 Å². The van der Waals surface area contributed by atoms with Crippen molar-refractivity contribution in [2.45, 2.75) is 64.8 Å². The van der Waals surface area contributed by atoms with E-state index in [2.05, 4.69) is 20.9 Å². The lowest BCUT2D eigenvalue weighted by atomic mass is 10.1. The van der Waals surface area contributed by atoms with E-state index in [0.29, 0.717) is 12.5 Å². The second kappa shape index (κ2) is 12.0. The Morgan fingerprint density at radius 2 is 2.00 bits per heavy atom. The molecule has 0 aromatic heterocycles. The predicted octanol–water partition coefficient (Wildman–Crippen LogP) is 2.73. The number of aliphatic imine (C=N–C) groups is 1. The van der Waals surface area contributed by atoms with Gasteiger partial charge in [-0.25, -0.2) is 4.99 Å². The normalized spacial score (nSPS) is 17.6. The van der Waals surface area contributed by atoms with E-state index in [1.165, 1.54) is 12.1 Å². The van der Waals surface area contributed by atoms with E-state index in [4.69, 9.17) is 4.74 Å². The van der Waals surface area contributed by atoms with Crippen LogP contribution in [0.4, 0.5) is 5.69 Å². The largest absolute Gasteiger partial charge is 0.376 e. The first-order chi connectivity index (χ1) is 13.6. The van der Waals surface area contributed by atoms with E-state index in [-0.39, 0.29) is 59.8 Å². The van der Waals surface area contributed by atoms with E-state index in [1.807, 2.05) is 27.7 Å². The van der Waals surface area contributed by atoms with Crippen LogP contribution in [0.1, 0.15) is 46.1 Å². The van der Waals surface area contributed by atoms with Gasteiger partial charge in [0.25, 0.3) is 5.69 Å². The molecule has 1 heterocycles. The minimum atomic E-state index is -0.432. The fraction of sp³-hybridized carbons (Fsp3) is 0.600. The molecule has 30 heavy (non-hydrogen) atoms. The van der Waals surface area contributed by atoms with Crippen molar-refractivity contribution in [3.63, 3.8) is 0 Å². The lowest BCUT2D eigenvalue weighted by molar-refractivity contribution is -0.384. The Kier molecular flexibility index (Phi) is 10.5. The quantitative estimate of drug-likeness (QED) is 0.163. The third-order valence-electron chi connectivity index (χ3n) is 4.38. The summed E-state index contributed by atoms with van der Waals surface area (Å²) in [6, 6.07) is 6.30. The number of hydrogen-bond acceptors (Lipinski definition) is 5. The van der Waals surface area contributed by atoms with Crippen LogP contribution in [-0.2, 0) is 16.1 Å². The summed E-state index contributed by atoms with van der Waals surface area (Å²) in [5, 5.41) is 20.0. The molecule has 9 nitrogen and oxygen atoms in total. The van der Waals surface area contributed by atoms with Gasteiger partial charge in [0.15, 0.2) is 5.96 Å². The number of non-ortho nitro benzene ring substituents is 1. The summed E-state index contributed by atoms with van der Waals surface area (Å²) in [5.74, 6) is 0.363. The molecule has 10 heteroatoms. The third kappa shape index (κ3) is 9.24. The van der Waals surface area contributed by atoms with Crippen LogP contribution < -0.4 is 16.0 Å². The molecule has 1 saturated heterocycles. The van der Waals surface area contributed by atoms with Crippen molar-refractivity contribution >= 4 is 41.5 Å². The Morgan fingerprint density at radius 3 is 2.53 bits per heavy atom. The van der Waals surface area contributed by atoms with Gasteiger partial charge in [0.1, 0.15) is 0 Å². The zero-order valence-electron chi connectivity index (χ0n) is 17.9. The van der Waals surface area contributed by atoms with Gasteiger partial charge in [-0.1, -0.05) is 12.1 Å². The lowest BCUT2D eigenvalue weighted by Crippen LogP contribution is -2.51. The number of nitro groups is 1. The number of ether oxygens (including phenoxy) is 1. The average Bonchev–Trinajstić information content (AvgIpc) is 3.17. The van der Waals surface area contributed by atoms with Crippen molar-refractivity contribution in [3.05, 3.63) is 39.9 Å². The highest BCUT2D eigenvalue weighted by atomic mass is 127. The van der Waals surface area contributed by atoms with Gasteiger partial charge < -0.3 is 20.7 Å². The Hall–Kier alpha value is -1.95. The summed E-state index contributed by atoms with van der Waals surface area (Å²) in [5.41, 5.74) is 0.563. The van der Waals surface area contributed by atoms with Crippen LogP contribution in [0, 0.1) is 10.1 Å². The van der Waals surface area contributed by atoms with E-state index in [0.717, 1.165) is 25.0 Å². The summed E-state index contributed by atoms with van der Waals surface area (Å²) in [4.78, 5) is 27.0. The smallest absolute Gasteiger partial charge is 0.269 e. The van der Waals surface area contributed by atoms with Gasteiger partial charge in [0.05, 0.1) is 30.2 Å². The lowest BCUT2D eigenvalue weighted by Gasteiger charge is -2.24. The van der Waals surface area contributed by atoms with Crippen LogP contribution in [-0.4, -0.2) is 47.6 Å². The highest BCUT2D eigenvalue weighted by Gasteiger charge is 2.23. The number of amides is 1. The molecule has 1 fully saturated rings. The number of nitrogens with one attached hydrogen (secondary N) is 3. The number of halogens is 1. The molecule has 1 aromatic rings. The molecule has 1 aliphatic rings. The molecule has 0 aliphatic carbocycles. The number of carbonyl (C=O) groups excluding carboxylic acids is 1. The first kappa shape index (κ1) is 26.1. The van der Waals surface area contributed by atoms with E-state index < -0.39 is 4.92 Å². The molecule has 2 unspecified atom stereocenters. The standard InChI is InChI=1S/C20H31N5O4.HI/c1-14(17-6-5-11-29-17)23-19(22-13-18(26)24-20(2,3)4)21-12-15-7-9-16(10-8-15)25(27)28;/h7-10,14,17H,5-6,11-13H2,1-4H3,(H,24,26)(H2,21,22,23);1H. The van der Waals surface area contributed by atoms with Gasteiger partial charge in [-0.05, 0) is 46.1 Å². The molecule has 0 bridgehead atoms. The molecule has 2 atom stereocenters. The molecular weight excluding hydrogens is 501 g/mol. The Morgan fingerprint density at radius 1 is 1.33 bits per heavy atom. The molecule has 1 aromatic carbocycles. The minimum absolute atomic E-state index is 0. The van der Waals surface area contributed by atoms with Crippen LogP contribution >= 0.6 is 24.0 Å². The van der Waals surface area contributed by atoms with Crippen LogP contribution in [0.15, 0.2) is 29.3 Å². The fourth-order valence-corrected chi connectivity index (χ4v) is 2.98. The zero-order valence-corrected chi connectivity index (χ0v) is 20.3.